The van der Waals surface area contributed by atoms with Crippen LogP contribution in [0.4, 0.5) is 0 Å². The van der Waals surface area contributed by atoms with E-state index in [1.165, 1.54) is 12.0 Å². The highest BCUT2D eigenvalue weighted by atomic mass is 16.3. The van der Waals surface area contributed by atoms with E-state index in [4.69, 9.17) is 5.11 Å². The molecule has 3 heteroatoms. The van der Waals surface area contributed by atoms with Crippen molar-refractivity contribution in [2.45, 2.75) is 44.2 Å². The van der Waals surface area contributed by atoms with Crippen LogP contribution in [0.1, 0.15) is 37.7 Å². The molecule has 106 valence electrons. The van der Waals surface area contributed by atoms with Crippen molar-refractivity contribution in [3.05, 3.63) is 35.9 Å². The molecule has 1 saturated carbocycles. The molecule has 0 heterocycles. The zero-order valence-corrected chi connectivity index (χ0v) is 11.6. The molecular weight excluding hydrogens is 238 g/mol. The monoisotopic (exact) mass is 263 g/mol. The van der Waals surface area contributed by atoms with Gasteiger partial charge < -0.3 is 15.5 Å². The van der Waals surface area contributed by atoms with Crippen LogP contribution in [0.3, 0.4) is 0 Å². The van der Waals surface area contributed by atoms with E-state index in [0.29, 0.717) is 24.4 Å². The van der Waals surface area contributed by atoms with E-state index in [1.54, 1.807) is 0 Å². The number of nitrogens with one attached hydrogen (secondary N) is 1. The Bertz CT molecular complexity index is 368. The van der Waals surface area contributed by atoms with Crippen LogP contribution >= 0.6 is 0 Å². The third kappa shape index (κ3) is 4.30. The van der Waals surface area contributed by atoms with Crippen molar-refractivity contribution in [1.29, 1.82) is 0 Å². The van der Waals surface area contributed by atoms with Gasteiger partial charge in [-0.25, -0.2) is 0 Å². The third-order valence-electron chi connectivity index (χ3n) is 4.07. The average molecular weight is 263 g/mol. The smallest absolute Gasteiger partial charge is 0.0895 e. The Morgan fingerprint density at radius 1 is 1.21 bits per heavy atom. The van der Waals surface area contributed by atoms with Crippen LogP contribution in [0.2, 0.25) is 0 Å². The number of benzene rings is 1. The van der Waals surface area contributed by atoms with Gasteiger partial charge in [0, 0.05) is 12.6 Å². The standard InChI is InChI=1S/C16H25NO2/c1-12-7-14(13-5-3-2-4-6-13)9-15(8-12)17-10-16(19)11-18/h2-6,12,14-19H,7-11H2,1H3. The zero-order chi connectivity index (χ0) is 13.7. The maximum absolute atomic E-state index is 9.42. The van der Waals surface area contributed by atoms with Gasteiger partial charge in [-0.2, -0.15) is 0 Å². The first kappa shape index (κ1) is 14.5. The summed E-state index contributed by atoms with van der Waals surface area (Å²) in [5.41, 5.74) is 1.42. The van der Waals surface area contributed by atoms with Crippen molar-refractivity contribution >= 4 is 0 Å². The number of aliphatic hydroxyl groups is 2. The molecule has 1 fully saturated rings. The van der Waals surface area contributed by atoms with Gasteiger partial charge in [0.2, 0.25) is 0 Å². The van der Waals surface area contributed by atoms with E-state index in [1.807, 2.05) is 0 Å². The minimum Gasteiger partial charge on any atom is -0.394 e. The largest absolute Gasteiger partial charge is 0.394 e. The average Bonchev–Trinajstić information content (AvgIpc) is 2.45. The molecule has 0 aromatic heterocycles. The Labute approximate surface area is 115 Å². The molecule has 3 N–H and O–H groups in total. The molecule has 1 aliphatic rings. The molecule has 3 nitrogen and oxygen atoms in total. The normalized spacial score (nSPS) is 29.1. The second-order valence-electron chi connectivity index (χ2n) is 5.86. The first-order valence-corrected chi connectivity index (χ1v) is 7.26. The number of aliphatic hydroxyl groups excluding tert-OH is 2. The molecule has 1 aliphatic carbocycles. The highest BCUT2D eigenvalue weighted by Crippen LogP contribution is 2.35. The topological polar surface area (TPSA) is 52.5 Å². The molecule has 0 amide bonds. The van der Waals surface area contributed by atoms with Crippen molar-refractivity contribution in [3.8, 4) is 0 Å². The fraction of sp³-hybridized carbons (Fsp3) is 0.625. The fourth-order valence-electron chi connectivity index (χ4n) is 3.13. The maximum Gasteiger partial charge on any atom is 0.0895 e. The van der Waals surface area contributed by atoms with Crippen molar-refractivity contribution in [2.24, 2.45) is 5.92 Å². The number of hydrogen-bond donors (Lipinski definition) is 3. The molecular formula is C16H25NO2. The second kappa shape index (κ2) is 7.04. The third-order valence-corrected chi connectivity index (χ3v) is 4.07. The van der Waals surface area contributed by atoms with Gasteiger partial charge in [0.25, 0.3) is 0 Å². The van der Waals surface area contributed by atoms with Gasteiger partial charge >= 0.3 is 0 Å². The fourth-order valence-corrected chi connectivity index (χ4v) is 3.13. The van der Waals surface area contributed by atoms with Gasteiger partial charge in [-0.1, -0.05) is 37.3 Å². The van der Waals surface area contributed by atoms with Gasteiger partial charge in [-0.15, -0.1) is 0 Å². The Balaban J connectivity index is 1.92. The summed E-state index contributed by atoms with van der Waals surface area (Å²) in [5.74, 6) is 1.30. The van der Waals surface area contributed by atoms with E-state index < -0.39 is 6.10 Å². The lowest BCUT2D eigenvalue weighted by Gasteiger charge is -2.34. The Morgan fingerprint density at radius 2 is 1.95 bits per heavy atom. The minimum atomic E-state index is -0.646. The van der Waals surface area contributed by atoms with Crippen LogP contribution in [0, 0.1) is 5.92 Å². The van der Waals surface area contributed by atoms with Crippen LogP contribution in [-0.2, 0) is 0 Å². The Morgan fingerprint density at radius 3 is 2.63 bits per heavy atom. The molecule has 1 aromatic rings. The lowest BCUT2D eigenvalue weighted by Crippen LogP contribution is -2.41. The van der Waals surface area contributed by atoms with Crippen LogP contribution in [-0.4, -0.2) is 35.5 Å². The summed E-state index contributed by atoms with van der Waals surface area (Å²) in [7, 11) is 0. The summed E-state index contributed by atoms with van der Waals surface area (Å²) in [6.07, 6.45) is 2.87. The van der Waals surface area contributed by atoms with E-state index in [-0.39, 0.29) is 6.61 Å². The zero-order valence-electron chi connectivity index (χ0n) is 11.6. The minimum absolute atomic E-state index is 0.169. The van der Waals surface area contributed by atoms with Gasteiger partial charge in [0.15, 0.2) is 0 Å². The Kier molecular flexibility index (Phi) is 5.37. The van der Waals surface area contributed by atoms with Gasteiger partial charge in [-0.05, 0) is 36.7 Å². The quantitative estimate of drug-likeness (QED) is 0.760. The first-order valence-electron chi connectivity index (χ1n) is 7.26. The molecule has 0 aliphatic heterocycles. The maximum atomic E-state index is 9.42. The van der Waals surface area contributed by atoms with Gasteiger partial charge in [0.05, 0.1) is 12.7 Å². The predicted octanol–water partition coefficient (Wildman–Crippen LogP) is 1.90. The summed E-state index contributed by atoms with van der Waals surface area (Å²) < 4.78 is 0. The van der Waals surface area contributed by atoms with Crippen LogP contribution in [0.5, 0.6) is 0 Å². The highest BCUT2D eigenvalue weighted by molar-refractivity contribution is 5.20. The van der Waals surface area contributed by atoms with Crippen molar-refractivity contribution in [1.82, 2.24) is 5.32 Å². The lowest BCUT2D eigenvalue weighted by atomic mass is 9.76. The van der Waals surface area contributed by atoms with E-state index in [0.717, 1.165) is 12.8 Å². The molecule has 19 heavy (non-hydrogen) atoms. The summed E-state index contributed by atoms with van der Waals surface area (Å²) in [6.45, 7) is 2.61. The summed E-state index contributed by atoms with van der Waals surface area (Å²) in [6, 6.07) is 11.1. The molecule has 0 spiro atoms. The molecule has 0 saturated heterocycles. The molecule has 0 radical (unpaired) electrons. The SMILES string of the molecule is CC1CC(NCC(O)CO)CC(c2ccccc2)C1. The highest BCUT2D eigenvalue weighted by Gasteiger charge is 2.27. The molecule has 1 aromatic carbocycles. The van der Waals surface area contributed by atoms with Gasteiger partial charge in [0.1, 0.15) is 0 Å². The first-order chi connectivity index (χ1) is 9.19. The van der Waals surface area contributed by atoms with E-state index in [2.05, 4.69) is 42.6 Å². The molecule has 2 rings (SSSR count). The van der Waals surface area contributed by atoms with Crippen LogP contribution < -0.4 is 5.32 Å². The van der Waals surface area contributed by atoms with Crippen molar-refractivity contribution < 1.29 is 10.2 Å². The van der Waals surface area contributed by atoms with E-state index >= 15 is 0 Å². The van der Waals surface area contributed by atoms with Crippen molar-refractivity contribution in [3.63, 3.8) is 0 Å². The molecule has 4 atom stereocenters. The summed E-state index contributed by atoms with van der Waals surface area (Å²) in [4.78, 5) is 0. The van der Waals surface area contributed by atoms with Crippen LogP contribution in [0.15, 0.2) is 30.3 Å². The molecule has 0 bridgehead atoms. The van der Waals surface area contributed by atoms with Crippen molar-refractivity contribution in [2.75, 3.05) is 13.2 Å². The van der Waals surface area contributed by atoms with Gasteiger partial charge in [-0.3, -0.25) is 0 Å². The second-order valence-corrected chi connectivity index (χ2v) is 5.86. The number of rotatable bonds is 5. The Hall–Kier alpha value is -0.900. The predicted molar refractivity (Wildman–Crippen MR) is 77.1 cm³/mol. The summed E-state index contributed by atoms with van der Waals surface area (Å²) in [5, 5.41) is 21.7. The van der Waals surface area contributed by atoms with Crippen LogP contribution in [0.25, 0.3) is 0 Å². The number of hydrogen-bond acceptors (Lipinski definition) is 3. The summed E-state index contributed by atoms with van der Waals surface area (Å²) >= 11 is 0. The lowest BCUT2D eigenvalue weighted by molar-refractivity contribution is 0.0886. The molecule has 4 unspecified atom stereocenters. The van der Waals surface area contributed by atoms with E-state index in [9.17, 15) is 5.11 Å².